The molecule has 9 nitrogen and oxygen atoms in total. The highest BCUT2D eigenvalue weighted by atomic mass is 35.5. The van der Waals surface area contributed by atoms with Crippen molar-refractivity contribution in [3.63, 3.8) is 0 Å². The largest absolute Gasteiger partial charge is 0.361 e. The number of nitrogens with one attached hydrogen (secondary N) is 2. The number of hydrogen-bond donors (Lipinski definition) is 2. The van der Waals surface area contributed by atoms with Gasteiger partial charge in [0, 0.05) is 34.4 Å². The van der Waals surface area contributed by atoms with Crippen LogP contribution in [0, 0.1) is 10.1 Å². The lowest BCUT2D eigenvalue weighted by molar-refractivity contribution is -0.385. The Bertz CT molecular complexity index is 984. The minimum absolute atomic E-state index is 0.0511. The summed E-state index contributed by atoms with van der Waals surface area (Å²) in [6.45, 7) is 1.30. The quantitative estimate of drug-likeness (QED) is 0.330. The fraction of sp³-hybridized carbons (Fsp3) is 0.188. The molecule has 146 valence electrons. The van der Waals surface area contributed by atoms with Gasteiger partial charge in [0.25, 0.3) is 0 Å². The van der Waals surface area contributed by atoms with Crippen molar-refractivity contribution in [3.8, 4) is 0 Å². The third-order valence-electron chi connectivity index (χ3n) is 3.72. The Morgan fingerprint density at radius 2 is 2.00 bits per heavy atom. The van der Waals surface area contributed by atoms with Crippen molar-refractivity contribution in [3.05, 3.63) is 68.6 Å². The van der Waals surface area contributed by atoms with Gasteiger partial charge in [-0.25, -0.2) is 0 Å². The van der Waals surface area contributed by atoms with Gasteiger partial charge in [0.2, 0.25) is 0 Å². The molecule has 0 saturated heterocycles. The summed E-state index contributed by atoms with van der Waals surface area (Å²) in [5.74, 6) is 0.565. The summed E-state index contributed by atoms with van der Waals surface area (Å²) in [4.78, 5) is 10.1. The number of hydrogen-bond acceptors (Lipinski definition) is 5. The molecule has 3 aromatic rings. The second-order valence-electron chi connectivity index (χ2n) is 5.70. The van der Waals surface area contributed by atoms with Crippen molar-refractivity contribution < 1.29 is 4.92 Å². The number of nitro groups is 1. The molecule has 0 bridgehead atoms. The molecule has 2 heterocycles. The van der Waals surface area contributed by atoms with Gasteiger partial charge in [-0.3, -0.25) is 19.5 Å². The number of thiocarbonyl (C=S) groups is 1. The Hall–Kier alpha value is -2.69. The maximum atomic E-state index is 10.6. The van der Waals surface area contributed by atoms with Crippen LogP contribution in [-0.4, -0.2) is 36.1 Å². The molecule has 0 spiro atoms. The van der Waals surface area contributed by atoms with Crippen LogP contribution in [-0.2, 0) is 13.1 Å². The molecule has 3 rings (SSSR count). The standard InChI is InChI=1S/C16H15Cl2N7O2S/c17-13-2-1-3-14(18)12(13)10-24-6-4-15(22-24)21-16(28)19-5-7-23-9-11(8-20-23)25(26)27/h1-4,6,8-9H,5,7,10H2,(H2,19,21,22,28). The molecule has 2 N–H and O–H groups in total. The summed E-state index contributed by atoms with van der Waals surface area (Å²) >= 11 is 17.6. The van der Waals surface area contributed by atoms with Crippen LogP contribution in [0.1, 0.15) is 5.56 Å². The topological polar surface area (TPSA) is 103 Å². The molecule has 1 aromatic carbocycles. The Balaban J connectivity index is 1.49. The van der Waals surface area contributed by atoms with E-state index in [1.807, 2.05) is 0 Å². The van der Waals surface area contributed by atoms with Crippen LogP contribution in [0.15, 0.2) is 42.9 Å². The Morgan fingerprint density at radius 3 is 2.68 bits per heavy atom. The molecule has 0 aliphatic rings. The van der Waals surface area contributed by atoms with Gasteiger partial charge in [0.15, 0.2) is 10.9 Å². The molecule has 0 aliphatic carbocycles. The normalized spacial score (nSPS) is 10.6. The minimum Gasteiger partial charge on any atom is -0.361 e. The second kappa shape index (κ2) is 9.00. The van der Waals surface area contributed by atoms with E-state index in [0.29, 0.717) is 40.6 Å². The molecule has 0 unspecified atom stereocenters. The summed E-state index contributed by atoms with van der Waals surface area (Å²) in [6, 6.07) is 7.11. The molecule has 28 heavy (non-hydrogen) atoms. The van der Waals surface area contributed by atoms with Crippen molar-refractivity contribution >= 4 is 52.0 Å². The van der Waals surface area contributed by atoms with E-state index in [1.165, 1.54) is 17.1 Å². The van der Waals surface area contributed by atoms with Crippen LogP contribution >= 0.6 is 35.4 Å². The fourth-order valence-electron chi connectivity index (χ4n) is 2.38. The summed E-state index contributed by atoms with van der Waals surface area (Å²) < 4.78 is 3.16. The molecule has 0 amide bonds. The van der Waals surface area contributed by atoms with E-state index in [-0.39, 0.29) is 5.69 Å². The van der Waals surface area contributed by atoms with E-state index in [0.717, 1.165) is 5.56 Å². The maximum absolute atomic E-state index is 10.6. The van der Waals surface area contributed by atoms with Gasteiger partial charge in [0.05, 0.1) is 18.0 Å². The summed E-state index contributed by atoms with van der Waals surface area (Å²) in [6.07, 6.45) is 4.35. The van der Waals surface area contributed by atoms with E-state index in [2.05, 4.69) is 20.8 Å². The van der Waals surface area contributed by atoms with E-state index >= 15 is 0 Å². The zero-order chi connectivity index (χ0) is 20.1. The van der Waals surface area contributed by atoms with E-state index in [1.54, 1.807) is 35.1 Å². The molecule has 0 radical (unpaired) electrons. The third kappa shape index (κ3) is 5.18. The molecule has 12 heteroatoms. The van der Waals surface area contributed by atoms with Crippen molar-refractivity contribution in [2.45, 2.75) is 13.1 Å². The predicted octanol–water partition coefficient (Wildman–Crippen LogP) is 3.33. The van der Waals surface area contributed by atoms with Gasteiger partial charge in [-0.2, -0.15) is 10.2 Å². The highest BCUT2D eigenvalue weighted by Gasteiger charge is 2.09. The first-order valence-electron chi connectivity index (χ1n) is 8.10. The zero-order valence-corrected chi connectivity index (χ0v) is 16.7. The van der Waals surface area contributed by atoms with Crippen molar-refractivity contribution in [1.82, 2.24) is 24.9 Å². The number of halogens is 2. The Kier molecular flexibility index (Phi) is 6.45. The van der Waals surface area contributed by atoms with E-state index < -0.39 is 4.92 Å². The van der Waals surface area contributed by atoms with Gasteiger partial charge in [-0.05, 0) is 24.4 Å². The molecule has 0 aliphatic heterocycles. The molecule has 0 fully saturated rings. The SMILES string of the molecule is O=[N+]([O-])c1cnn(CCNC(=S)Nc2ccn(Cc3c(Cl)cccc3Cl)n2)c1. The average Bonchev–Trinajstić information content (AvgIpc) is 3.28. The van der Waals surface area contributed by atoms with E-state index in [4.69, 9.17) is 35.4 Å². The Labute approximate surface area is 175 Å². The number of anilines is 1. The summed E-state index contributed by atoms with van der Waals surface area (Å²) in [5.41, 5.74) is 0.736. The van der Waals surface area contributed by atoms with Crippen LogP contribution in [0.5, 0.6) is 0 Å². The molecule has 0 atom stereocenters. The lowest BCUT2D eigenvalue weighted by Gasteiger charge is -2.09. The molecular weight excluding hydrogens is 425 g/mol. The monoisotopic (exact) mass is 439 g/mol. The van der Waals surface area contributed by atoms with Gasteiger partial charge < -0.3 is 10.6 Å². The van der Waals surface area contributed by atoms with Gasteiger partial charge in [0.1, 0.15) is 12.4 Å². The summed E-state index contributed by atoms with van der Waals surface area (Å²) in [5, 5.41) is 26.4. The Morgan fingerprint density at radius 1 is 1.25 bits per heavy atom. The van der Waals surface area contributed by atoms with Crippen LogP contribution in [0.25, 0.3) is 0 Å². The number of benzene rings is 1. The number of rotatable bonds is 7. The number of aromatic nitrogens is 4. The first-order valence-corrected chi connectivity index (χ1v) is 9.27. The fourth-order valence-corrected chi connectivity index (χ4v) is 3.10. The predicted molar refractivity (Wildman–Crippen MR) is 111 cm³/mol. The van der Waals surface area contributed by atoms with Gasteiger partial charge in [-0.1, -0.05) is 29.3 Å². The maximum Gasteiger partial charge on any atom is 0.306 e. The average molecular weight is 440 g/mol. The molecule has 0 saturated carbocycles. The lowest BCUT2D eigenvalue weighted by Crippen LogP contribution is -2.31. The van der Waals surface area contributed by atoms with Crippen LogP contribution in [0.3, 0.4) is 0 Å². The van der Waals surface area contributed by atoms with E-state index in [9.17, 15) is 10.1 Å². The third-order valence-corrected chi connectivity index (χ3v) is 4.68. The first kappa shape index (κ1) is 20.1. The highest BCUT2D eigenvalue weighted by Crippen LogP contribution is 2.25. The van der Waals surface area contributed by atoms with Crippen LogP contribution < -0.4 is 10.6 Å². The smallest absolute Gasteiger partial charge is 0.306 e. The van der Waals surface area contributed by atoms with Gasteiger partial charge in [-0.15, -0.1) is 0 Å². The van der Waals surface area contributed by atoms with Crippen LogP contribution in [0.4, 0.5) is 11.5 Å². The second-order valence-corrected chi connectivity index (χ2v) is 6.92. The van der Waals surface area contributed by atoms with Crippen LogP contribution in [0.2, 0.25) is 10.0 Å². The van der Waals surface area contributed by atoms with Gasteiger partial charge >= 0.3 is 5.69 Å². The highest BCUT2D eigenvalue weighted by molar-refractivity contribution is 7.80. The van der Waals surface area contributed by atoms with Crippen molar-refractivity contribution in [2.24, 2.45) is 0 Å². The van der Waals surface area contributed by atoms with Crippen molar-refractivity contribution in [2.75, 3.05) is 11.9 Å². The van der Waals surface area contributed by atoms with Crippen molar-refractivity contribution in [1.29, 1.82) is 0 Å². The minimum atomic E-state index is -0.491. The lowest BCUT2D eigenvalue weighted by atomic mass is 10.2. The molecular formula is C16H15Cl2N7O2S. The summed E-state index contributed by atoms with van der Waals surface area (Å²) in [7, 11) is 0. The first-order chi connectivity index (χ1) is 13.4. The molecule has 2 aromatic heterocycles. The zero-order valence-electron chi connectivity index (χ0n) is 14.4. The number of nitrogens with zero attached hydrogens (tertiary/aromatic N) is 5.